The smallest absolute Gasteiger partial charge is 0.317 e. The summed E-state index contributed by atoms with van der Waals surface area (Å²) in [6.45, 7) is 1.17. The van der Waals surface area contributed by atoms with Crippen LogP contribution in [0.15, 0.2) is 0 Å². The zero-order valence-electron chi connectivity index (χ0n) is 8.79. The highest BCUT2D eigenvalue weighted by atomic mass is 32.2. The number of aliphatic hydroxyl groups excluding tert-OH is 1. The quantitative estimate of drug-likeness (QED) is 0.606. The van der Waals surface area contributed by atoms with Crippen LogP contribution in [0.2, 0.25) is 0 Å². The lowest BCUT2D eigenvalue weighted by molar-refractivity contribution is 0.164. The van der Waals surface area contributed by atoms with Gasteiger partial charge >= 0.3 is 6.03 Å². The minimum Gasteiger partial charge on any atom is -0.395 e. The fraction of sp³-hybridized carbons (Fsp3) is 0.875. The summed E-state index contributed by atoms with van der Waals surface area (Å²) in [5, 5.41) is 11.4. The number of rotatable bonds is 3. The Labute approximate surface area is 94.1 Å². The van der Waals surface area contributed by atoms with E-state index in [1.807, 2.05) is 0 Å². The third-order valence-electron chi connectivity index (χ3n) is 2.94. The molecule has 0 radical (unpaired) electrons. The Morgan fingerprint density at radius 1 is 1.44 bits per heavy atom. The van der Waals surface area contributed by atoms with E-state index in [0.29, 0.717) is 26.2 Å². The molecule has 2 aliphatic heterocycles. The number of nitrogens with zero attached hydrogens (tertiary/aromatic N) is 2. The fourth-order valence-electron chi connectivity index (χ4n) is 2.07. The highest BCUT2D eigenvalue weighted by Gasteiger charge is 2.38. The molecule has 1 atom stereocenters. The van der Waals surface area contributed by atoms with Crippen molar-refractivity contribution < 1.29 is 18.3 Å². The predicted molar refractivity (Wildman–Crippen MR) is 56.3 cm³/mol. The van der Waals surface area contributed by atoms with E-state index in [1.54, 1.807) is 4.90 Å². The second-order valence-corrected chi connectivity index (χ2v) is 6.02. The minimum absolute atomic E-state index is 0.0743. The van der Waals surface area contributed by atoms with Gasteiger partial charge in [0.25, 0.3) is 0 Å². The zero-order chi connectivity index (χ0) is 11.8. The molecule has 8 heteroatoms. The van der Waals surface area contributed by atoms with Gasteiger partial charge in [0.05, 0.1) is 18.4 Å². The van der Waals surface area contributed by atoms with Crippen LogP contribution in [0.25, 0.3) is 0 Å². The van der Waals surface area contributed by atoms with Gasteiger partial charge in [-0.2, -0.15) is 4.31 Å². The van der Waals surface area contributed by atoms with Crippen LogP contribution in [-0.2, 0) is 10.0 Å². The molecule has 7 nitrogen and oxygen atoms in total. The van der Waals surface area contributed by atoms with E-state index < -0.39 is 10.0 Å². The third-order valence-corrected chi connectivity index (χ3v) is 4.75. The van der Waals surface area contributed by atoms with Crippen LogP contribution < -0.4 is 5.32 Å². The first-order valence-corrected chi connectivity index (χ1v) is 6.78. The molecule has 0 saturated carbocycles. The van der Waals surface area contributed by atoms with Gasteiger partial charge in [0.1, 0.15) is 0 Å². The van der Waals surface area contributed by atoms with Crippen LogP contribution in [-0.4, -0.2) is 73.3 Å². The van der Waals surface area contributed by atoms with Gasteiger partial charge in [-0.1, -0.05) is 0 Å². The molecule has 0 spiro atoms. The number of urea groups is 1. The van der Waals surface area contributed by atoms with Crippen molar-refractivity contribution in [3.05, 3.63) is 0 Å². The van der Waals surface area contributed by atoms with Crippen molar-refractivity contribution in [3.63, 3.8) is 0 Å². The van der Waals surface area contributed by atoms with Crippen LogP contribution in [0.1, 0.15) is 0 Å². The lowest BCUT2D eigenvalue weighted by atomic mass is 10.2. The summed E-state index contributed by atoms with van der Waals surface area (Å²) >= 11 is 0. The molecule has 2 aliphatic rings. The van der Waals surface area contributed by atoms with Crippen LogP contribution in [0.4, 0.5) is 4.79 Å². The van der Waals surface area contributed by atoms with Gasteiger partial charge < -0.3 is 15.3 Å². The second kappa shape index (κ2) is 4.19. The number of amides is 2. The minimum atomic E-state index is -3.37. The maximum absolute atomic E-state index is 11.7. The van der Waals surface area contributed by atoms with E-state index in [1.165, 1.54) is 4.31 Å². The first-order valence-electron chi connectivity index (χ1n) is 5.18. The molecule has 0 aromatic carbocycles. The number of nitrogens with one attached hydrogen (secondary N) is 1. The molecule has 2 N–H and O–H groups in total. The highest BCUT2D eigenvalue weighted by molar-refractivity contribution is 7.89. The van der Waals surface area contributed by atoms with Crippen LogP contribution >= 0.6 is 0 Å². The summed E-state index contributed by atoms with van der Waals surface area (Å²) in [6.07, 6.45) is 0. The first kappa shape index (κ1) is 11.6. The normalized spacial score (nSPS) is 26.7. The average molecular weight is 249 g/mol. The number of hydrogen-bond donors (Lipinski definition) is 2. The topological polar surface area (TPSA) is 90.0 Å². The molecule has 1 unspecified atom stereocenters. The summed E-state index contributed by atoms with van der Waals surface area (Å²) < 4.78 is 24.7. The molecule has 92 valence electrons. The molecule has 0 bridgehead atoms. The Kier molecular flexibility index (Phi) is 3.04. The number of piperazine rings is 1. The maximum Gasteiger partial charge on any atom is 0.317 e. The van der Waals surface area contributed by atoms with Crippen LogP contribution in [0, 0.1) is 0 Å². The van der Waals surface area contributed by atoms with Gasteiger partial charge in [0.15, 0.2) is 0 Å². The van der Waals surface area contributed by atoms with E-state index in [4.69, 9.17) is 5.11 Å². The Morgan fingerprint density at radius 2 is 2.19 bits per heavy atom. The number of aliphatic hydroxyl groups is 1. The standard InChI is InChI=1S/C8H15N3O4S/c12-3-4-16(14,15)10-1-2-11-7(6-10)5-9-8(11)13/h7,12H,1-6H2,(H,9,13). The molecular formula is C8H15N3O4S. The van der Waals surface area contributed by atoms with Crippen LogP contribution in [0.3, 0.4) is 0 Å². The van der Waals surface area contributed by atoms with E-state index in [0.717, 1.165) is 0 Å². The van der Waals surface area contributed by atoms with Crippen molar-refractivity contribution >= 4 is 16.1 Å². The molecule has 0 aromatic rings. The highest BCUT2D eigenvalue weighted by Crippen LogP contribution is 2.16. The van der Waals surface area contributed by atoms with Crippen molar-refractivity contribution in [2.24, 2.45) is 0 Å². The lowest BCUT2D eigenvalue weighted by Crippen LogP contribution is -2.54. The molecule has 2 heterocycles. The monoisotopic (exact) mass is 249 g/mol. The van der Waals surface area contributed by atoms with E-state index in [-0.39, 0.29) is 24.4 Å². The zero-order valence-corrected chi connectivity index (χ0v) is 9.61. The van der Waals surface area contributed by atoms with Gasteiger partial charge in [-0.15, -0.1) is 0 Å². The molecule has 16 heavy (non-hydrogen) atoms. The first-order chi connectivity index (χ1) is 7.54. The van der Waals surface area contributed by atoms with Gasteiger partial charge in [-0.05, 0) is 0 Å². The maximum atomic E-state index is 11.7. The van der Waals surface area contributed by atoms with Gasteiger partial charge in [-0.3, -0.25) is 0 Å². The van der Waals surface area contributed by atoms with Crippen molar-refractivity contribution in [2.45, 2.75) is 6.04 Å². The molecular weight excluding hydrogens is 234 g/mol. The molecule has 0 aliphatic carbocycles. The Balaban J connectivity index is 2.04. The number of carbonyl (C=O) groups excluding carboxylic acids is 1. The number of carbonyl (C=O) groups is 1. The van der Waals surface area contributed by atoms with Crippen LogP contribution in [0.5, 0.6) is 0 Å². The van der Waals surface area contributed by atoms with Crippen molar-refractivity contribution in [2.75, 3.05) is 38.5 Å². The van der Waals surface area contributed by atoms with E-state index in [9.17, 15) is 13.2 Å². The Hall–Kier alpha value is -0.860. The predicted octanol–water partition coefficient (Wildman–Crippen LogP) is -1.98. The number of sulfonamides is 1. The Morgan fingerprint density at radius 3 is 2.88 bits per heavy atom. The van der Waals surface area contributed by atoms with Crippen molar-refractivity contribution in [1.29, 1.82) is 0 Å². The van der Waals surface area contributed by atoms with E-state index in [2.05, 4.69) is 5.32 Å². The summed E-state index contributed by atoms with van der Waals surface area (Å²) in [5.41, 5.74) is 0. The molecule has 2 amide bonds. The van der Waals surface area contributed by atoms with Crippen molar-refractivity contribution in [1.82, 2.24) is 14.5 Å². The largest absolute Gasteiger partial charge is 0.395 e. The summed E-state index contributed by atoms with van der Waals surface area (Å²) in [7, 11) is -3.37. The summed E-state index contributed by atoms with van der Waals surface area (Å²) in [6, 6.07) is -0.195. The van der Waals surface area contributed by atoms with Crippen molar-refractivity contribution in [3.8, 4) is 0 Å². The van der Waals surface area contributed by atoms with Gasteiger partial charge in [0.2, 0.25) is 10.0 Å². The SMILES string of the molecule is O=C1NCC2CN(S(=O)(=O)CCO)CCN12. The molecule has 2 rings (SSSR count). The molecule has 2 fully saturated rings. The van der Waals surface area contributed by atoms with Gasteiger partial charge in [0, 0.05) is 26.2 Å². The number of hydrogen-bond acceptors (Lipinski definition) is 4. The molecule has 0 aromatic heterocycles. The summed E-state index contributed by atoms with van der Waals surface area (Å²) in [4.78, 5) is 13.0. The number of fused-ring (bicyclic) bond motifs is 1. The lowest BCUT2D eigenvalue weighted by Gasteiger charge is -2.35. The fourth-order valence-corrected chi connectivity index (χ4v) is 3.32. The molecule has 2 saturated heterocycles. The average Bonchev–Trinajstić information content (AvgIpc) is 2.60. The van der Waals surface area contributed by atoms with Gasteiger partial charge in [-0.25, -0.2) is 13.2 Å². The Bertz CT molecular complexity index is 383. The second-order valence-electron chi connectivity index (χ2n) is 3.93. The third kappa shape index (κ3) is 2.00. The van der Waals surface area contributed by atoms with E-state index >= 15 is 0 Å². The summed E-state index contributed by atoms with van der Waals surface area (Å²) in [5.74, 6) is -0.249.